The molecule has 6 heteroatoms. The molecular formula is C7H9F2N3O. The summed E-state index contributed by atoms with van der Waals surface area (Å²) in [5, 5.41) is 9.50. The average molecular weight is 189 g/mol. The van der Waals surface area contributed by atoms with Gasteiger partial charge in [-0.2, -0.15) is 8.78 Å². The molecule has 1 saturated carbocycles. The van der Waals surface area contributed by atoms with Crippen LogP contribution in [0.3, 0.4) is 0 Å². The highest BCUT2D eigenvalue weighted by molar-refractivity contribution is 5.23. The summed E-state index contributed by atoms with van der Waals surface area (Å²) in [5.41, 5.74) is 0. The molecule has 2 rings (SSSR count). The predicted octanol–water partition coefficient (Wildman–Crippen LogP) is 1.83. The van der Waals surface area contributed by atoms with Gasteiger partial charge >= 0.3 is 12.4 Å². The fourth-order valence-electron chi connectivity index (χ4n) is 1.06. The van der Waals surface area contributed by atoms with Crippen molar-refractivity contribution < 1.29 is 13.2 Å². The number of hydrogen-bond donors (Lipinski definition) is 1. The molecule has 0 bridgehead atoms. The minimum absolute atomic E-state index is 0.0876. The number of alkyl halides is 2. The Hall–Kier alpha value is -1.20. The summed E-state index contributed by atoms with van der Waals surface area (Å²) >= 11 is 0. The number of hydrogen-bond acceptors (Lipinski definition) is 4. The monoisotopic (exact) mass is 189 g/mol. The molecule has 1 aromatic heterocycles. The van der Waals surface area contributed by atoms with Crippen molar-refractivity contribution in [3.63, 3.8) is 0 Å². The molecule has 0 aromatic carbocycles. The first-order valence-electron chi connectivity index (χ1n) is 4.05. The lowest BCUT2D eigenvalue weighted by atomic mass is 10.5. The highest BCUT2D eigenvalue weighted by Crippen LogP contribution is 2.32. The van der Waals surface area contributed by atoms with E-state index < -0.39 is 12.3 Å². The van der Waals surface area contributed by atoms with E-state index in [1.807, 2.05) is 0 Å². The van der Waals surface area contributed by atoms with Gasteiger partial charge in [-0.3, -0.25) is 0 Å². The fourth-order valence-corrected chi connectivity index (χ4v) is 1.06. The summed E-state index contributed by atoms with van der Waals surface area (Å²) in [6.45, 7) is 2.06. The number of aromatic nitrogens is 2. The Morgan fingerprint density at radius 2 is 2.23 bits per heavy atom. The van der Waals surface area contributed by atoms with Gasteiger partial charge in [0, 0.05) is 6.04 Å². The standard InChI is InChI=1S/C7H9F2N3O/c1-3-2-4(3)10-7-12-11-6(13-7)5(8)9/h3-5H,2H2,1H3,(H,10,12). The van der Waals surface area contributed by atoms with Crippen molar-refractivity contribution in [2.75, 3.05) is 5.32 Å². The smallest absolute Gasteiger partial charge is 0.315 e. The summed E-state index contributed by atoms with van der Waals surface area (Å²) in [4.78, 5) is 0. The maximum atomic E-state index is 12.0. The predicted molar refractivity (Wildman–Crippen MR) is 40.4 cm³/mol. The van der Waals surface area contributed by atoms with Gasteiger partial charge in [0.05, 0.1) is 0 Å². The van der Waals surface area contributed by atoms with Crippen molar-refractivity contribution in [3.8, 4) is 0 Å². The molecule has 2 atom stereocenters. The molecule has 1 aromatic rings. The summed E-state index contributed by atoms with van der Waals surface area (Å²) in [7, 11) is 0. The number of anilines is 1. The van der Waals surface area contributed by atoms with Crippen LogP contribution in [0.2, 0.25) is 0 Å². The zero-order chi connectivity index (χ0) is 9.42. The van der Waals surface area contributed by atoms with E-state index >= 15 is 0 Å². The van der Waals surface area contributed by atoms with E-state index in [1.165, 1.54) is 0 Å². The number of rotatable bonds is 3. The molecule has 1 aliphatic carbocycles. The van der Waals surface area contributed by atoms with Gasteiger partial charge in [-0.05, 0) is 12.3 Å². The summed E-state index contributed by atoms with van der Waals surface area (Å²) in [6.07, 6.45) is -1.67. The van der Waals surface area contributed by atoms with E-state index in [1.54, 1.807) is 0 Å². The Labute approximate surface area is 73.3 Å². The van der Waals surface area contributed by atoms with Crippen molar-refractivity contribution in [2.45, 2.75) is 25.8 Å². The molecule has 0 radical (unpaired) electrons. The van der Waals surface area contributed by atoms with Crippen LogP contribution in [-0.4, -0.2) is 16.2 Å². The summed E-state index contributed by atoms with van der Waals surface area (Å²) in [5.74, 6) is -0.0716. The van der Waals surface area contributed by atoms with Crippen LogP contribution >= 0.6 is 0 Å². The van der Waals surface area contributed by atoms with E-state index in [0.717, 1.165) is 6.42 Å². The van der Waals surface area contributed by atoms with Crippen LogP contribution in [0.1, 0.15) is 25.7 Å². The molecule has 72 valence electrons. The number of nitrogens with one attached hydrogen (secondary N) is 1. The van der Waals surface area contributed by atoms with E-state index in [4.69, 9.17) is 0 Å². The van der Waals surface area contributed by atoms with Crippen LogP contribution in [0, 0.1) is 5.92 Å². The third-order valence-corrected chi connectivity index (χ3v) is 2.05. The summed E-state index contributed by atoms with van der Waals surface area (Å²) in [6, 6.07) is 0.385. The molecule has 2 unspecified atom stereocenters. The Morgan fingerprint density at radius 3 is 2.69 bits per heavy atom. The largest absolute Gasteiger partial charge is 0.402 e. The van der Waals surface area contributed by atoms with E-state index in [9.17, 15) is 8.78 Å². The molecule has 0 amide bonds. The van der Waals surface area contributed by atoms with Crippen molar-refractivity contribution >= 4 is 6.01 Å². The minimum Gasteiger partial charge on any atom is -0.402 e. The molecule has 0 saturated heterocycles. The molecule has 1 fully saturated rings. The summed E-state index contributed by atoms with van der Waals surface area (Å²) < 4.78 is 28.6. The van der Waals surface area contributed by atoms with Gasteiger partial charge in [0.15, 0.2) is 0 Å². The molecular weight excluding hydrogens is 180 g/mol. The van der Waals surface area contributed by atoms with Crippen LogP contribution in [0.5, 0.6) is 0 Å². The quantitative estimate of drug-likeness (QED) is 0.788. The van der Waals surface area contributed by atoms with Gasteiger partial charge in [-0.1, -0.05) is 12.0 Å². The van der Waals surface area contributed by atoms with E-state index in [-0.39, 0.29) is 6.01 Å². The Bertz CT molecular complexity index is 302. The van der Waals surface area contributed by atoms with Gasteiger partial charge in [0.1, 0.15) is 0 Å². The Kier molecular flexibility index (Phi) is 1.90. The Morgan fingerprint density at radius 1 is 1.54 bits per heavy atom. The van der Waals surface area contributed by atoms with Gasteiger partial charge < -0.3 is 9.73 Å². The van der Waals surface area contributed by atoms with Gasteiger partial charge in [-0.15, -0.1) is 5.10 Å². The molecule has 1 heterocycles. The van der Waals surface area contributed by atoms with Crippen molar-refractivity contribution in [1.82, 2.24) is 10.2 Å². The highest BCUT2D eigenvalue weighted by Gasteiger charge is 2.34. The van der Waals surface area contributed by atoms with Crippen LogP contribution in [0.15, 0.2) is 4.42 Å². The first-order valence-corrected chi connectivity index (χ1v) is 4.05. The molecule has 1 N–H and O–H groups in total. The SMILES string of the molecule is CC1CC1Nc1nnc(C(F)F)o1. The lowest BCUT2D eigenvalue weighted by Gasteiger charge is -1.95. The average Bonchev–Trinajstić information content (AvgIpc) is 2.61. The maximum Gasteiger partial charge on any atom is 0.315 e. The van der Waals surface area contributed by atoms with Gasteiger partial charge in [0.2, 0.25) is 0 Å². The van der Waals surface area contributed by atoms with Gasteiger partial charge in [-0.25, -0.2) is 0 Å². The normalized spacial score (nSPS) is 26.5. The lowest BCUT2D eigenvalue weighted by Crippen LogP contribution is -2.03. The maximum absolute atomic E-state index is 12.0. The second-order valence-electron chi connectivity index (χ2n) is 3.21. The molecule has 1 aliphatic rings. The lowest BCUT2D eigenvalue weighted by molar-refractivity contribution is 0.116. The zero-order valence-corrected chi connectivity index (χ0v) is 7.00. The van der Waals surface area contributed by atoms with Crippen LogP contribution in [-0.2, 0) is 0 Å². The topological polar surface area (TPSA) is 51.0 Å². The van der Waals surface area contributed by atoms with Crippen molar-refractivity contribution in [1.29, 1.82) is 0 Å². The fraction of sp³-hybridized carbons (Fsp3) is 0.714. The first kappa shape index (κ1) is 8.40. The van der Waals surface area contributed by atoms with E-state index in [0.29, 0.717) is 12.0 Å². The van der Waals surface area contributed by atoms with Crippen molar-refractivity contribution in [3.05, 3.63) is 5.89 Å². The third kappa shape index (κ3) is 1.76. The van der Waals surface area contributed by atoms with Gasteiger partial charge in [0.25, 0.3) is 5.89 Å². The Balaban J connectivity index is 1.97. The minimum atomic E-state index is -2.69. The molecule has 0 spiro atoms. The van der Waals surface area contributed by atoms with E-state index in [2.05, 4.69) is 26.9 Å². The first-order chi connectivity index (χ1) is 6.16. The van der Waals surface area contributed by atoms with Crippen molar-refractivity contribution in [2.24, 2.45) is 5.92 Å². The van der Waals surface area contributed by atoms with Crippen LogP contribution in [0.25, 0.3) is 0 Å². The molecule has 13 heavy (non-hydrogen) atoms. The van der Waals surface area contributed by atoms with Crippen LogP contribution in [0.4, 0.5) is 14.8 Å². The second kappa shape index (κ2) is 2.93. The second-order valence-corrected chi connectivity index (χ2v) is 3.21. The number of nitrogens with zero attached hydrogens (tertiary/aromatic N) is 2. The molecule has 0 aliphatic heterocycles. The third-order valence-electron chi connectivity index (χ3n) is 2.05. The van der Waals surface area contributed by atoms with Crippen LogP contribution < -0.4 is 5.32 Å². The zero-order valence-electron chi connectivity index (χ0n) is 7.00. The highest BCUT2D eigenvalue weighted by atomic mass is 19.3. The molecule has 4 nitrogen and oxygen atoms in total. The number of halogens is 2.